The number of ether oxygens (including phenoxy) is 1. The second-order valence-electron chi connectivity index (χ2n) is 6.34. The number of nitrogens with one attached hydrogen (secondary N) is 1. The molecule has 1 amide bonds. The molecule has 0 saturated carbocycles. The highest BCUT2D eigenvalue weighted by atomic mass is 32.2. The minimum Gasteiger partial charge on any atom is -0.462 e. The summed E-state index contributed by atoms with van der Waals surface area (Å²) in [5.74, 6) is -1.05. The fraction of sp³-hybridized carbons (Fsp3) is 0.556. The Balaban J connectivity index is 2.12. The van der Waals surface area contributed by atoms with E-state index in [1.54, 1.807) is 32.0 Å². The highest BCUT2D eigenvalue weighted by Crippen LogP contribution is 2.23. The van der Waals surface area contributed by atoms with Crippen LogP contribution in [0.2, 0.25) is 0 Å². The number of benzene rings is 1. The lowest BCUT2D eigenvalue weighted by Crippen LogP contribution is -2.44. The molecule has 1 saturated heterocycles. The number of sulfonamides is 1. The van der Waals surface area contributed by atoms with Gasteiger partial charge in [-0.25, -0.2) is 17.5 Å². The first-order chi connectivity index (χ1) is 12.3. The quantitative estimate of drug-likeness (QED) is 0.761. The number of carbonyl (C=O) groups excluding carboxylic acids is 2. The molecule has 1 fully saturated rings. The van der Waals surface area contributed by atoms with Gasteiger partial charge in [0.15, 0.2) is 0 Å². The molecule has 26 heavy (non-hydrogen) atoms. The number of piperidine rings is 1. The van der Waals surface area contributed by atoms with Crippen LogP contribution < -0.4 is 5.32 Å². The maximum absolute atomic E-state index is 12.6. The zero-order valence-corrected chi connectivity index (χ0v) is 16.3. The Morgan fingerprint density at radius 2 is 2.04 bits per heavy atom. The fourth-order valence-electron chi connectivity index (χ4n) is 2.92. The van der Waals surface area contributed by atoms with Crippen LogP contribution in [0.15, 0.2) is 18.2 Å². The summed E-state index contributed by atoms with van der Waals surface area (Å²) in [4.78, 5) is 24.5. The van der Waals surface area contributed by atoms with E-state index >= 15 is 0 Å². The average molecular weight is 382 g/mol. The Bertz CT molecular complexity index is 776. The summed E-state index contributed by atoms with van der Waals surface area (Å²) in [6.45, 7) is 6.09. The van der Waals surface area contributed by atoms with Gasteiger partial charge in [0.2, 0.25) is 15.9 Å². The molecule has 1 aromatic carbocycles. The van der Waals surface area contributed by atoms with E-state index in [9.17, 15) is 18.0 Å². The number of nitrogens with zero attached hydrogens (tertiary/aromatic N) is 1. The van der Waals surface area contributed by atoms with Crippen molar-refractivity contribution in [3.8, 4) is 0 Å². The average Bonchev–Trinajstić information content (AvgIpc) is 2.63. The second kappa shape index (κ2) is 8.64. The van der Waals surface area contributed by atoms with Gasteiger partial charge in [-0.2, -0.15) is 0 Å². The van der Waals surface area contributed by atoms with Crippen molar-refractivity contribution in [1.29, 1.82) is 0 Å². The van der Waals surface area contributed by atoms with Crippen molar-refractivity contribution in [1.82, 2.24) is 4.31 Å². The monoisotopic (exact) mass is 382 g/mol. The van der Waals surface area contributed by atoms with E-state index in [1.807, 2.05) is 6.92 Å². The van der Waals surface area contributed by atoms with Crippen LogP contribution in [0.5, 0.6) is 0 Å². The molecule has 0 unspecified atom stereocenters. The van der Waals surface area contributed by atoms with Crippen molar-refractivity contribution >= 4 is 27.6 Å². The standard InChI is InChI=1S/C18H26N2O5S/c1-4-25-18(22)14-9-8-13(3)16(11-14)19-17(21)15-7-6-10-20(12-15)26(23,24)5-2/h8-9,11,15H,4-7,10,12H2,1-3H3,(H,19,21)/t15-/m0/s1. The number of amides is 1. The SMILES string of the molecule is CCOC(=O)c1ccc(C)c(NC(=O)[C@H]2CCCN(S(=O)(=O)CC)C2)c1. The lowest BCUT2D eigenvalue weighted by molar-refractivity contribution is -0.120. The summed E-state index contributed by atoms with van der Waals surface area (Å²) in [6, 6.07) is 4.99. The summed E-state index contributed by atoms with van der Waals surface area (Å²) in [5, 5.41) is 2.84. The Kier molecular flexibility index (Phi) is 6.77. The Morgan fingerprint density at radius 1 is 1.31 bits per heavy atom. The van der Waals surface area contributed by atoms with Gasteiger partial charge >= 0.3 is 5.97 Å². The minimum absolute atomic E-state index is 0.0298. The van der Waals surface area contributed by atoms with Gasteiger partial charge in [0.25, 0.3) is 0 Å². The summed E-state index contributed by atoms with van der Waals surface area (Å²) in [6.07, 6.45) is 1.29. The second-order valence-corrected chi connectivity index (χ2v) is 8.59. The maximum Gasteiger partial charge on any atom is 0.338 e. The summed E-state index contributed by atoms with van der Waals surface area (Å²) in [7, 11) is -3.30. The molecule has 8 heteroatoms. The largest absolute Gasteiger partial charge is 0.462 e. The molecule has 1 heterocycles. The molecule has 2 rings (SSSR count). The molecule has 0 radical (unpaired) electrons. The van der Waals surface area contributed by atoms with E-state index in [4.69, 9.17) is 4.74 Å². The molecule has 144 valence electrons. The molecule has 0 aliphatic carbocycles. The summed E-state index contributed by atoms with van der Waals surface area (Å²) >= 11 is 0. The van der Waals surface area contributed by atoms with Gasteiger partial charge in [0.1, 0.15) is 0 Å². The number of carbonyl (C=O) groups is 2. The lowest BCUT2D eigenvalue weighted by Gasteiger charge is -2.31. The van der Waals surface area contributed by atoms with E-state index < -0.39 is 21.9 Å². The Hall–Kier alpha value is -1.93. The number of esters is 1. The van der Waals surface area contributed by atoms with Crippen LogP contribution in [0.3, 0.4) is 0 Å². The lowest BCUT2D eigenvalue weighted by atomic mass is 9.98. The van der Waals surface area contributed by atoms with Crippen LogP contribution in [0, 0.1) is 12.8 Å². The van der Waals surface area contributed by atoms with Crippen molar-refractivity contribution in [2.24, 2.45) is 5.92 Å². The first-order valence-electron chi connectivity index (χ1n) is 8.85. The molecule has 1 N–H and O–H groups in total. The molecular weight excluding hydrogens is 356 g/mol. The Morgan fingerprint density at radius 3 is 2.69 bits per heavy atom. The minimum atomic E-state index is -3.30. The van der Waals surface area contributed by atoms with Gasteiger partial charge in [-0.15, -0.1) is 0 Å². The van der Waals surface area contributed by atoms with Gasteiger partial charge in [-0.05, 0) is 51.3 Å². The van der Waals surface area contributed by atoms with Crippen molar-refractivity contribution in [3.05, 3.63) is 29.3 Å². The molecule has 0 spiro atoms. The van der Waals surface area contributed by atoms with Gasteiger partial charge < -0.3 is 10.1 Å². The van der Waals surface area contributed by atoms with Crippen LogP contribution in [0.1, 0.15) is 42.6 Å². The molecule has 1 aliphatic rings. The summed E-state index contributed by atoms with van der Waals surface area (Å²) < 4.78 is 30.5. The Labute approximate surface area is 154 Å². The smallest absolute Gasteiger partial charge is 0.338 e. The number of anilines is 1. The van der Waals surface area contributed by atoms with E-state index in [2.05, 4.69) is 5.32 Å². The van der Waals surface area contributed by atoms with Crippen LogP contribution in [-0.4, -0.2) is 50.0 Å². The topological polar surface area (TPSA) is 92.8 Å². The molecule has 1 aliphatic heterocycles. The molecule has 1 atom stereocenters. The number of hydrogen-bond donors (Lipinski definition) is 1. The van der Waals surface area contributed by atoms with Crippen LogP contribution in [0.25, 0.3) is 0 Å². The van der Waals surface area contributed by atoms with E-state index in [-0.39, 0.29) is 24.8 Å². The van der Waals surface area contributed by atoms with Gasteiger partial charge in [0, 0.05) is 18.8 Å². The molecule has 0 bridgehead atoms. The van der Waals surface area contributed by atoms with Crippen molar-refractivity contribution < 1.29 is 22.7 Å². The molecular formula is C18H26N2O5S. The third-order valence-electron chi connectivity index (χ3n) is 4.52. The predicted octanol–water partition coefficient (Wildman–Crippen LogP) is 2.17. The third kappa shape index (κ3) is 4.82. The number of hydrogen-bond acceptors (Lipinski definition) is 5. The maximum atomic E-state index is 12.6. The molecule has 7 nitrogen and oxygen atoms in total. The fourth-order valence-corrected chi connectivity index (χ4v) is 4.10. The number of aryl methyl sites for hydroxylation is 1. The normalized spacial score (nSPS) is 18.3. The van der Waals surface area contributed by atoms with E-state index in [0.29, 0.717) is 30.6 Å². The third-order valence-corrected chi connectivity index (χ3v) is 6.37. The first kappa shape index (κ1) is 20.4. The molecule has 0 aromatic heterocycles. The zero-order valence-electron chi connectivity index (χ0n) is 15.4. The van der Waals surface area contributed by atoms with E-state index in [0.717, 1.165) is 5.56 Å². The van der Waals surface area contributed by atoms with Gasteiger partial charge in [0.05, 0.1) is 23.8 Å². The first-order valence-corrected chi connectivity index (χ1v) is 10.5. The van der Waals surface area contributed by atoms with Crippen LogP contribution in [-0.2, 0) is 19.6 Å². The van der Waals surface area contributed by atoms with Crippen molar-refractivity contribution in [2.75, 3.05) is 30.8 Å². The van der Waals surface area contributed by atoms with Crippen molar-refractivity contribution in [2.45, 2.75) is 33.6 Å². The summed E-state index contributed by atoms with van der Waals surface area (Å²) in [5.41, 5.74) is 1.72. The van der Waals surface area contributed by atoms with Gasteiger partial charge in [-0.1, -0.05) is 6.07 Å². The number of rotatable bonds is 6. The highest BCUT2D eigenvalue weighted by Gasteiger charge is 2.31. The molecule has 1 aromatic rings. The predicted molar refractivity (Wildman–Crippen MR) is 99.5 cm³/mol. The van der Waals surface area contributed by atoms with Crippen LogP contribution >= 0.6 is 0 Å². The highest BCUT2D eigenvalue weighted by molar-refractivity contribution is 7.89. The van der Waals surface area contributed by atoms with Gasteiger partial charge in [-0.3, -0.25) is 4.79 Å². The van der Waals surface area contributed by atoms with Crippen LogP contribution in [0.4, 0.5) is 5.69 Å². The van der Waals surface area contributed by atoms with E-state index in [1.165, 1.54) is 4.31 Å². The zero-order chi connectivity index (χ0) is 19.3. The van der Waals surface area contributed by atoms with Crippen molar-refractivity contribution in [3.63, 3.8) is 0 Å².